The van der Waals surface area contributed by atoms with Crippen LogP contribution in [0.15, 0.2) is 24.3 Å². The Morgan fingerprint density at radius 3 is 2.78 bits per heavy atom. The van der Waals surface area contributed by atoms with E-state index >= 15 is 0 Å². The third kappa shape index (κ3) is 4.49. The van der Waals surface area contributed by atoms with Crippen molar-refractivity contribution in [3.8, 4) is 0 Å². The van der Waals surface area contributed by atoms with Crippen molar-refractivity contribution in [2.24, 2.45) is 0 Å². The maximum absolute atomic E-state index is 13.6. The SMILES string of the molecule is CCCNC(=O)NC(=O)COC(=O)c1cc2c(F)cccc2s1. The Kier molecular flexibility index (Phi) is 5.64. The molecule has 3 amide bonds. The zero-order chi connectivity index (χ0) is 16.8. The Labute approximate surface area is 135 Å². The topological polar surface area (TPSA) is 84.5 Å². The van der Waals surface area contributed by atoms with Gasteiger partial charge >= 0.3 is 12.0 Å². The highest BCUT2D eigenvalue weighted by Gasteiger charge is 2.16. The van der Waals surface area contributed by atoms with Crippen molar-refractivity contribution in [1.82, 2.24) is 10.6 Å². The molecule has 0 radical (unpaired) electrons. The minimum Gasteiger partial charge on any atom is -0.451 e. The Hall–Kier alpha value is -2.48. The van der Waals surface area contributed by atoms with E-state index in [9.17, 15) is 18.8 Å². The number of carbonyl (C=O) groups excluding carboxylic acids is 3. The van der Waals surface area contributed by atoms with Gasteiger partial charge in [0.25, 0.3) is 5.91 Å². The summed E-state index contributed by atoms with van der Waals surface area (Å²) in [5.41, 5.74) is 0. The van der Waals surface area contributed by atoms with E-state index in [2.05, 4.69) is 5.32 Å². The summed E-state index contributed by atoms with van der Waals surface area (Å²) in [5.74, 6) is -1.91. The molecule has 0 bridgehead atoms. The molecule has 2 N–H and O–H groups in total. The van der Waals surface area contributed by atoms with Crippen LogP contribution in [0.1, 0.15) is 23.0 Å². The van der Waals surface area contributed by atoms with Gasteiger partial charge in [0.2, 0.25) is 0 Å². The highest BCUT2D eigenvalue weighted by Crippen LogP contribution is 2.27. The van der Waals surface area contributed by atoms with Crippen LogP contribution in [-0.4, -0.2) is 31.1 Å². The molecular formula is C15H15FN2O4S. The lowest BCUT2D eigenvalue weighted by Crippen LogP contribution is -2.41. The number of hydrogen-bond acceptors (Lipinski definition) is 5. The molecule has 1 aromatic heterocycles. The van der Waals surface area contributed by atoms with Crippen molar-refractivity contribution >= 4 is 39.3 Å². The number of halogens is 1. The minimum atomic E-state index is -0.741. The van der Waals surface area contributed by atoms with E-state index in [1.165, 1.54) is 12.1 Å². The van der Waals surface area contributed by atoms with E-state index in [0.717, 1.165) is 17.8 Å². The number of rotatable bonds is 5. The Balaban J connectivity index is 1.90. The molecule has 2 aromatic rings. The number of urea groups is 1. The largest absolute Gasteiger partial charge is 0.451 e. The second-order valence-corrected chi connectivity index (χ2v) is 5.73. The highest BCUT2D eigenvalue weighted by molar-refractivity contribution is 7.20. The first-order valence-electron chi connectivity index (χ1n) is 6.94. The fourth-order valence-electron chi connectivity index (χ4n) is 1.77. The van der Waals surface area contributed by atoms with Gasteiger partial charge in [-0.05, 0) is 24.6 Å². The summed E-state index contributed by atoms with van der Waals surface area (Å²) in [4.78, 5) is 34.8. The lowest BCUT2D eigenvalue weighted by Gasteiger charge is -2.05. The van der Waals surface area contributed by atoms with Crippen LogP contribution in [0.2, 0.25) is 0 Å². The predicted octanol–water partition coefficient (Wildman–Crippen LogP) is 2.43. The van der Waals surface area contributed by atoms with Crippen LogP contribution in [0, 0.1) is 5.82 Å². The summed E-state index contributed by atoms with van der Waals surface area (Å²) in [6, 6.07) is 5.27. The van der Waals surface area contributed by atoms with E-state index in [0.29, 0.717) is 16.6 Å². The summed E-state index contributed by atoms with van der Waals surface area (Å²) in [5, 5.41) is 4.82. The second-order valence-electron chi connectivity index (χ2n) is 4.64. The van der Waals surface area contributed by atoms with E-state index in [1.807, 2.05) is 12.2 Å². The van der Waals surface area contributed by atoms with E-state index in [1.54, 1.807) is 12.1 Å². The minimum absolute atomic E-state index is 0.188. The van der Waals surface area contributed by atoms with Gasteiger partial charge in [0.1, 0.15) is 10.7 Å². The first-order chi connectivity index (χ1) is 11.0. The first kappa shape index (κ1) is 16.9. The number of hydrogen-bond donors (Lipinski definition) is 2. The summed E-state index contributed by atoms with van der Waals surface area (Å²) in [6.45, 7) is 1.72. The molecule has 0 saturated carbocycles. The maximum atomic E-state index is 13.6. The van der Waals surface area contributed by atoms with Gasteiger partial charge < -0.3 is 10.1 Å². The van der Waals surface area contributed by atoms with Crippen LogP contribution in [-0.2, 0) is 9.53 Å². The van der Waals surface area contributed by atoms with Gasteiger partial charge in [0.15, 0.2) is 6.61 Å². The molecule has 6 nitrogen and oxygen atoms in total. The molecule has 1 heterocycles. The standard InChI is InChI=1S/C15H15FN2O4S/c1-2-6-17-15(21)18-13(19)8-22-14(20)12-7-9-10(16)4-3-5-11(9)23-12/h3-5,7H,2,6,8H2,1H3,(H2,17,18,19,21). The fourth-order valence-corrected chi connectivity index (χ4v) is 2.74. The molecule has 8 heteroatoms. The van der Waals surface area contributed by atoms with E-state index in [-0.39, 0.29) is 4.88 Å². The number of ether oxygens (including phenoxy) is 1. The van der Waals surface area contributed by atoms with E-state index in [4.69, 9.17) is 4.74 Å². The molecular weight excluding hydrogens is 323 g/mol. The molecule has 0 aliphatic heterocycles. The number of amides is 3. The third-order valence-electron chi connectivity index (χ3n) is 2.83. The average molecular weight is 338 g/mol. The number of thiophene rings is 1. The molecule has 0 spiro atoms. The van der Waals surface area contributed by atoms with Crippen LogP contribution in [0.25, 0.3) is 10.1 Å². The molecule has 0 aliphatic rings. The average Bonchev–Trinajstić information content (AvgIpc) is 2.96. The molecule has 0 saturated heterocycles. The maximum Gasteiger partial charge on any atom is 0.348 e. The molecule has 0 unspecified atom stereocenters. The summed E-state index contributed by atoms with van der Waals surface area (Å²) in [7, 11) is 0. The lowest BCUT2D eigenvalue weighted by molar-refractivity contribution is -0.123. The zero-order valence-electron chi connectivity index (χ0n) is 12.3. The van der Waals surface area contributed by atoms with Crippen LogP contribution >= 0.6 is 11.3 Å². The van der Waals surface area contributed by atoms with Crippen LogP contribution in [0.5, 0.6) is 0 Å². The van der Waals surface area contributed by atoms with Crippen molar-refractivity contribution in [2.75, 3.05) is 13.2 Å². The van der Waals surface area contributed by atoms with Gasteiger partial charge in [0, 0.05) is 16.6 Å². The smallest absolute Gasteiger partial charge is 0.348 e. The monoisotopic (exact) mass is 338 g/mol. The van der Waals surface area contributed by atoms with Crippen molar-refractivity contribution in [3.63, 3.8) is 0 Å². The van der Waals surface area contributed by atoms with Crippen molar-refractivity contribution < 1.29 is 23.5 Å². The van der Waals surface area contributed by atoms with Gasteiger partial charge in [-0.25, -0.2) is 14.0 Å². The Morgan fingerprint density at radius 2 is 2.09 bits per heavy atom. The van der Waals surface area contributed by atoms with E-state index < -0.39 is 30.3 Å². The second kappa shape index (κ2) is 7.68. The summed E-state index contributed by atoms with van der Waals surface area (Å²) < 4.78 is 19.0. The summed E-state index contributed by atoms with van der Waals surface area (Å²) in [6.07, 6.45) is 0.735. The lowest BCUT2D eigenvalue weighted by atomic mass is 10.2. The number of imide groups is 1. The van der Waals surface area contributed by atoms with Crippen molar-refractivity contribution in [1.29, 1.82) is 0 Å². The number of carbonyl (C=O) groups is 3. The van der Waals surface area contributed by atoms with Gasteiger partial charge in [0.05, 0.1) is 0 Å². The number of nitrogens with one attached hydrogen (secondary N) is 2. The van der Waals surface area contributed by atoms with Gasteiger partial charge in [-0.3, -0.25) is 10.1 Å². The van der Waals surface area contributed by atoms with Crippen LogP contribution in [0.4, 0.5) is 9.18 Å². The molecule has 122 valence electrons. The highest BCUT2D eigenvalue weighted by atomic mass is 32.1. The van der Waals surface area contributed by atoms with Crippen molar-refractivity contribution in [3.05, 3.63) is 35.0 Å². The zero-order valence-corrected chi connectivity index (χ0v) is 13.2. The normalized spacial score (nSPS) is 10.3. The summed E-state index contributed by atoms with van der Waals surface area (Å²) >= 11 is 1.07. The quantitative estimate of drug-likeness (QED) is 0.820. The van der Waals surface area contributed by atoms with Crippen LogP contribution < -0.4 is 10.6 Å². The van der Waals surface area contributed by atoms with Crippen LogP contribution in [0.3, 0.4) is 0 Å². The number of fused-ring (bicyclic) bond motifs is 1. The third-order valence-corrected chi connectivity index (χ3v) is 3.91. The van der Waals surface area contributed by atoms with Gasteiger partial charge in [-0.2, -0.15) is 0 Å². The molecule has 1 aromatic carbocycles. The molecule has 2 rings (SSSR count). The molecule has 0 atom stereocenters. The number of benzene rings is 1. The van der Waals surface area contributed by atoms with Gasteiger partial charge in [-0.1, -0.05) is 13.0 Å². The fraction of sp³-hybridized carbons (Fsp3) is 0.267. The number of esters is 1. The van der Waals surface area contributed by atoms with Crippen molar-refractivity contribution in [2.45, 2.75) is 13.3 Å². The first-order valence-corrected chi connectivity index (χ1v) is 7.75. The molecule has 23 heavy (non-hydrogen) atoms. The van der Waals surface area contributed by atoms with Gasteiger partial charge in [-0.15, -0.1) is 11.3 Å². The Bertz CT molecular complexity index is 744. The Morgan fingerprint density at radius 1 is 1.30 bits per heavy atom. The predicted molar refractivity (Wildman–Crippen MR) is 83.9 cm³/mol. The molecule has 0 fully saturated rings. The molecule has 0 aliphatic carbocycles.